The number of amides is 2. The first-order valence-corrected chi connectivity index (χ1v) is 15.3. The molecule has 0 heterocycles. The number of carbonyl (C=O) groups excluding carboxylic acids is 6. The van der Waals surface area contributed by atoms with Crippen LogP contribution in [-0.4, -0.2) is 47.4 Å². The summed E-state index contributed by atoms with van der Waals surface area (Å²) in [6, 6.07) is 29.4. The van der Waals surface area contributed by atoms with Crippen molar-refractivity contribution in [3.63, 3.8) is 0 Å². The lowest BCUT2D eigenvalue weighted by atomic mass is 10.0. The Morgan fingerprint density at radius 2 is 0.833 bits per heavy atom. The molecule has 4 aromatic carbocycles. The first-order chi connectivity index (χ1) is 23.1. The maximum atomic E-state index is 12.9. The van der Waals surface area contributed by atoms with E-state index in [1.165, 1.54) is 13.8 Å². The minimum atomic E-state index is -1.04. The maximum absolute atomic E-state index is 12.9. The summed E-state index contributed by atoms with van der Waals surface area (Å²) in [7, 11) is 0. The lowest BCUT2D eigenvalue weighted by molar-refractivity contribution is -0.147. The molecule has 0 spiro atoms. The molecule has 0 saturated heterocycles. The van der Waals surface area contributed by atoms with Gasteiger partial charge in [-0.3, -0.25) is 28.8 Å². The van der Waals surface area contributed by atoms with E-state index in [-0.39, 0.29) is 48.7 Å². The fourth-order valence-electron chi connectivity index (χ4n) is 4.63. The number of benzene rings is 4. The molecule has 2 unspecified atom stereocenters. The standard InChI is InChI=1S/C38H36N2O8/c1-25(41)33(21-35(43)47-23-27-9-5-3-6-10-27)39-37(45)31-17-13-29(14-18-31)30-15-19-32(20-16-30)38(46)40-34(26(2)42)22-36(44)48-24-28-11-7-4-8-12-28/h3-20,33-34H,21-24H2,1-2H3,(H,39,45)(H,40,46). The molecule has 48 heavy (non-hydrogen) atoms. The number of nitrogens with one attached hydrogen (secondary N) is 2. The third kappa shape index (κ3) is 10.6. The number of hydrogen-bond acceptors (Lipinski definition) is 8. The first kappa shape index (κ1) is 35.0. The molecule has 0 saturated carbocycles. The van der Waals surface area contributed by atoms with Crippen LogP contribution < -0.4 is 10.6 Å². The molecule has 0 radical (unpaired) electrons. The Morgan fingerprint density at radius 3 is 1.15 bits per heavy atom. The highest BCUT2D eigenvalue weighted by Gasteiger charge is 2.24. The summed E-state index contributed by atoms with van der Waals surface area (Å²) in [5.74, 6) is -3.01. The lowest BCUT2D eigenvalue weighted by Crippen LogP contribution is -2.41. The van der Waals surface area contributed by atoms with Crippen LogP contribution >= 0.6 is 0 Å². The van der Waals surface area contributed by atoms with Gasteiger partial charge < -0.3 is 20.1 Å². The van der Waals surface area contributed by atoms with E-state index in [4.69, 9.17) is 9.47 Å². The van der Waals surface area contributed by atoms with Crippen molar-refractivity contribution in [1.29, 1.82) is 0 Å². The van der Waals surface area contributed by atoms with Gasteiger partial charge in [-0.15, -0.1) is 0 Å². The minimum absolute atomic E-state index is 0.0658. The zero-order valence-corrected chi connectivity index (χ0v) is 26.6. The predicted molar refractivity (Wildman–Crippen MR) is 177 cm³/mol. The Hall–Kier alpha value is -5.90. The van der Waals surface area contributed by atoms with E-state index in [2.05, 4.69) is 10.6 Å². The summed E-state index contributed by atoms with van der Waals surface area (Å²) in [6.07, 6.45) is -0.588. The van der Waals surface area contributed by atoms with Crippen LogP contribution in [0.15, 0.2) is 109 Å². The van der Waals surface area contributed by atoms with Gasteiger partial charge in [0.05, 0.1) is 24.9 Å². The molecule has 10 heteroatoms. The van der Waals surface area contributed by atoms with Crippen LogP contribution in [0.2, 0.25) is 0 Å². The largest absolute Gasteiger partial charge is 0.461 e. The van der Waals surface area contributed by atoms with Crippen LogP contribution in [0.4, 0.5) is 0 Å². The van der Waals surface area contributed by atoms with Gasteiger partial charge in [0.15, 0.2) is 11.6 Å². The number of rotatable bonds is 15. The van der Waals surface area contributed by atoms with Gasteiger partial charge in [-0.2, -0.15) is 0 Å². The Bertz CT molecular complexity index is 1610. The molecule has 0 aliphatic carbocycles. The summed E-state index contributed by atoms with van der Waals surface area (Å²) in [5.41, 5.74) is 3.71. The number of ketones is 2. The van der Waals surface area contributed by atoms with Crippen LogP contribution in [0.25, 0.3) is 11.1 Å². The van der Waals surface area contributed by atoms with Crippen molar-refractivity contribution in [2.45, 2.75) is 52.0 Å². The van der Waals surface area contributed by atoms with Gasteiger partial charge in [0.2, 0.25) is 0 Å². The Balaban J connectivity index is 1.29. The van der Waals surface area contributed by atoms with Crippen molar-refractivity contribution in [2.24, 2.45) is 0 Å². The van der Waals surface area contributed by atoms with Gasteiger partial charge in [0.25, 0.3) is 11.8 Å². The molecule has 4 aromatic rings. The van der Waals surface area contributed by atoms with E-state index in [1.807, 2.05) is 60.7 Å². The smallest absolute Gasteiger partial charge is 0.308 e. The molecular weight excluding hydrogens is 612 g/mol. The molecule has 2 atom stereocenters. The molecule has 0 aliphatic rings. The normalized spacial score (nSPS) is 11.8. The fourth-order valence-corrected chi connectivity index (χ4v) is 4.63. The van der Waals surface area contributed by atoms with Gasteiger partial charge >= 0.3 is 11.9 Å². The molecule has 2 N–H and O–H groups in total. The predicted octanol–water partition coefficient (Wildman–Crippen LogP) is 5.00. The van der Waals surface area contributed by atoms with E-state index in [9.17, 15) is 28.8 Å². The Labute approximate surface area is 278 Å². The topological polar surface area (TPSA) is 145 Å². The summed E-state index contributed by atoms with van der Waals surface area (Å²) >= 11 is 0. The molecule has 246 valence electrons. The van der Waals surface area contributed by atoms with Gasteiger partial charge in [0.1, 0.15) is 13.2 Å². The fraction of sp³-hybridized carbons (Fsp3) is 0.211. The van der Waals surface area contributed by atoms with Gasteiger partial charge in [-0.1, -0.05) is 84.9 Å². The van der Waals surface area contributed by atoms with Crippen LogP contribution in [0.3, 0.4) is 0 Å². The summed E-state index contributed by atoms with van der Waals surface area (Å²) in [5, 5.41) is 5.21. The number of esters is 2. The van der Waals surface area contributed by atoms with Crippen molar-refractivity contribution in [3.8, 4) is 11.1 Å². The quantitative estimate of drug-likeness (QED) is 0.172. The van der Waals surface area contributed by atoms with Gasteiger partial charge in [-0.05, 0) is 60.4 Å². The van der Waals surface area contributed by atoms with E-state index >= 15 is 0 Å². The minimum Gasteiger partial charge on any atom is -0.461 e. The highest BCUT2D eigenvalue weighted by Crippen LogP contribution is 2.21. The molecule has 4 rings (SSSR count). The maximum Gasteiger partial charge on any atom is 0.308 e. The SMILES string of the molecule is CC(=O)C(CC(=O)OCc1ccccc1)NC(=O)c1ccc(-c2ccc(C(=O)NC(CC(=O)OCc3ccccc3)C(C)=O)cc2)cc1. The summed E-state index contributed by atoms with van der Waals surface area (Å²) in [4.78, 5) is 74.7. The van der Waals surface area contributed by atoms with E-state index in [0.717, 1.165) is 22.3 Å². The number of ether oxygens (including phenoxy) is 2. The molecule has 10 nitrogen and oxygen atoms in total. The Morgan fingerprint density at radius 1 is 0.500 bits per heavy atom. The van der Waals surface area contributed by atoms with Gasteiger partial charge in [0, 0.05) is 11.1 Å². The number of carbonyl (C=O) groups is 6. The van der Waals surface area contributed by atoms with E-state index < -0.39 is 35.8 Å². The van der Waals surface area contributed by atoms with E-state index in [0.29, 0.717) is 0 Å². The second kappa shape index (κ2) is 17.1. The first-order valence-electron chi connectivity index (χ1n) is 15.3. The Kier molecular flexibility index (Phi) is 12.5. The van der Waals surface area contributed by atoms with Crippen LogP contribution in [0, 0.1) is 0 Å². The summed E-state index contributed by atoms with van der Waals surface area (Å²) < 4.78 is 10.5. The van der Waals surface area contributed by atoms with Crippen molar-refractivity contribution >= 4 is 35.3 Å². The molecule has 0 bridgehead atoms. The summed E-state index contributed by atoms with van der Waals surface area (Å²) in [6.45, 7) is 2.72. The molecule has 0 aliphatic heterocycles. The highest BCUT2D eigenvalue weighted by molar-refractivity contribution is 6.00. The van der Waals surface area contributed by atoms with E-state index in [1.54, 1.807) is 48.5 Å². The molecule has 0 aromatic heterocycles. The monoisotopic (exact) mass is 648 g/mol. The zero-order valence-electron chi connectivity index (χ0n) is 26.6. The molecule has 0 fully saturated rings. The average Bonchev–Trinajstić information content (AvgIpc) is 3.10. The van der Waals surface area contributed by atoms with Crippen LogP contribution in [0.5, 0.6) is 0 Å². The van der Waals surface area contributed by atoms with Crippen molar-refractivity contribution in [2.75, 3.05) is 0 Å². The third-order valence-corrected chi connectivity index (χ3v) is 7.45. The van der Waals surface area contributed by atoms with Crippen LogP contribution in [-0.2, 0) is 41.9 Å². The average molecular weight is 649 g/mol. The second-order valence-electron chi connectivity index (χ2n) is 11.1. The lowest BCUT2D eigenvalue weighted by Gasteiger charge is -2.16. The molecular formula is C38H36N2O8. The van der Waals surface area contributed by atoms with Crippen molar-refractivity contribution in [1.82, 2.24) is 10.6 Å². The second-order valence-corrected chi connectivity index (χ2v) is 11.1. The van der Waals surface area contributed by atoms with Gasteiger partial charge in [-0.25, -0.2) is 0 Å². The van der Waals surface area contributed by atoms with Crippen molar-refractivity contribution in [3.05, 3.63) is 131 Å². The zero-order chi connectivity index (χ0) is 34.5. The number of hydrogen-bond donors (Lipinski definition) is 2. The molecule has 2 amide bonds. The highest BCUT2D eigenvalue weighted by atomic mass is 16.5. The third-order valence-electron chi connectivity index (χ3n) is 7.45. The van der Waals surface area contributed by atoms with Crippen molar-refractivity contribution < 1.29 is 38.2 Å². The number of Topliss-reactive ketones (excluding diaryl/α,β-unsaturated/α-hetero) is 2. The van der Waals surface area contributed by atoms with Crippen LogP contribution in [0.1, 0.15) is 58.5 Å².